The van der Waals surface area contributed by atoms with Crippen molar-refractivity contribution in [2.24, 2.45) is 0 Å². The molecule has 6 nitrogen and oxygen atoms in total. The topological polar surface area (TPSA) is 69.7 Å². The van der Waals surface area contributed by atoms with E-state index in [0.717, 1.165) is 5.56 Å². The summed E-state index contributed by atoms with van der Waals surface area (Å²) >= 11 is 6.02. The number of amides is 3. The van der Waals surface area contributed by atoms with Gasteiger partial charge in [-0.3, -0.25) is 14.4 Å². The SMILES string of the molecule is CC(=O)N1CCN(C(=O)CC(=O)NCc2ccccc2Cl)CC1. The largest absolute Gasteiger partial charge is 0.352 e. The summed E-state index contributed by atoms with van der Waals surface area (Å²) in [4.78, 5) is 38.5. The highest BCUT2D eigenvalue weighted by molar-refractivity contribution is 6.31. The first-order chi connectivity index (χ1) is 11.0. The van der Waals surface area contributed by atoms with Crippen molar-refractivity contribution in [2.45, 2.75) is 19.9 Å². The highest BCUT2D eigenvalue weighted by atomic mass is 35.5. The van der Waals surface area contributed by atoms with Crippen molar-refractivity contribution >= 4 is 29.3 Å². The number of hydrogen-bond donors (Lipinski definition) is 1. The summed E-state index contributed by atoms with van der Waals surface area (Å²) in [5.41, 5.74) is 0.810. The normalized spacial score (nSPS) is 14.5. The Bertz CT molecular complexity index is 598. The number of rotatable bonds is 4. The van der Waals surface area contributed by atoms with Crippen LogP contribution in [0.15, 0.2) is 24.3 Å². The Morgan fingerprint density at radius 1 is 1.09 bits per heavy atom. The van der Waals surface area contributed by atoms with Crippen LogP contribution in [0.2, 0.25) is 5.02 Å². The van der Waals surface area contributed by atoms with Crippen molar-refractivity contribution in [3.63, 3.8) is 0 Å². The zero-order valence-electron chi connectivity index (χ0n) is 13.0. The quantitative estimate of drug-likeness (QED) is 0.834. The van der Waals surface area contributed by atoms with E-state index in [1.807, 2.05) is 18.2 Å². The van der Waals surface area contributed by atoms with Gasteiger partial charge in [0.2, 0.25) is 17.7 Å². The molecule has 124 valence electrons. The Labute approximate surface area is 140 Å². The fourth-order valence-electron chi connectivity index (χ4n) is 2.42. The minimum atomic E-state index is -0.330. The highest BCUT2D eigenvalue weighted by Gasteiger charge is 2.23. The summed E-state index contributed by atoms with van der Waals surface area (Å²) in [7, 11) is 0. The molecule has 1 aromatic carbocycles. The number of nitrogens with one attached hydrogen (secondary N) is 1. The zero-order chi connectivity index (χ0) is 16.8. The van der Waals surface area contributed by atoms with Gasteiger partial charge in [-0.05, 0) is 11.6 Å². The second-order valence-electron chi connectivity index (χ2n) is 5.43. The van der Waals surface area contributed by atoms with E-state index >= 15 is 0 Å². The zero-order valence-corrected chi connectivity index (χ0v) is 13.8. The van der Waals surface area contributed by atoms with Crippen molar-refractivity contribution in [3.05, 3.63) is 34.9 Å². The van der Waals surface area contributed by atoms with Gasteiger partial charge in [0.1, 0.15) is 6.42 Å². The molecule has 0 spiro atoms. The molecule has 0 saturated carbocycles. The van der Waals surface area contributed by atoms with E-state index in [1.165, 1.54) is 6.92 Å². The van der Waals surface area contributed by atoms with Gasteiger partial charge in [0.25, 0.3) is 0 Å². The van der Waals surface area contributed by atoms with E-state index in [0.29, 0.717) is 37.7 Å². The van der Waals surface area contributed by atoms with Gasteiger partial charge in [-0.15, -0.1) is 0 Å². The molecule has 2 rings (SSSR count). The van der Waals surface area contributed by atoms with Gasteiger partial charge >= 0.3 is 0 Å². The van der Waals surface area contributed by atoms with E-state index in [1.54, 1.807) is 15.9 Å². The van der Waals surface area contributed by atoms with Crippen LogP contribution in [0.1, 0.15) is 18.9 Å². The van der Waals surface area contributed by atoms with Crippen LogP contribution < -0.4 is 5.32 Å². The van der Waals surface area contributed by atoms with Gasteiger partial charge in [0.05, 0.1) is 0 Å². The Morgan fingerprint density at radius 2 is 1.70 bits per heavy atom. The van der Waals surface area contributed by atoms with E-state index in [9.17, 15) is 14.4 Å². The standard InChI is InChI=1S/C16H20ClN3O3/c1-12(21)19-6-8-20(9-7-19)16(23)10-15(22)18-11-13-4-2-3-5-14(13)17/h2-5H,6-11H2,1H3,(H,18,22). The molecule has 23 heavy (non-hydrogen) atoms. The first kappa shape index (κ1) is 17.3. The summed E-state index contributed by atoms with van der Waals surface area (Å²) in [6.07, 6.45) is -0.190. The summed E-state index contributed by atoms with van der Waals surface area (Å²) in [6, 6.07) is 7.24. The van der Waals surface area contributed by atoms with Crippen LogP contribution in [0, 0.1) is 0 Å². The average Bonchev–Trinajstić information content (AvgIpc) is 2.54. The lowest BCUT2D eigenvalue weighted by Crippen LogP contribution is -2.50. The molecule has 1 aromatic rings. The third-order valence-electron chi connectivity index (χ3n) is 3.82. The summed E-state index contributed by atoms with van der Waals surface area (Å²) in [5.74, 6) is -0.539. The molecule has 1 aliphatic heterocycles. The van der Waals surface area contributed by atoms with Gasteiger partial charge in [-0.1, -0.05) is 29.8 Å². The summed E-state index contributed by atoms with van der Waals surface area (Å²) in [5, 5.41) is 3.28. The number of piperazine rings is 1. The molecular weight excluding hydrogens is 318 g/mol. The lowest BCUT2D eigenvalue weighted by atomic mass is 10.2. The van der Waals surface area contributed by atoms with Gasteiger partial charge in [0.15, 0.2) is 0 Å². The predicted molar refractivity (Wildman–Crippen MR) is 86.7 cm³/mol. The smallest absolute Gasteiger partial charge is 0.232 e. The molecule has 0 atom stereocenters. The van der Waals surface area contributed by atoms with Crippen molar-refractivity contribution in [1.82, 2.24) is 15.1 Å². The minimum Gasteiger partial charge on any atom is -0.352 e. The maximum Gasteiger partial charge on any atom is 0.232 e. The molecular formula is C16H20ClN3O3. The number of halogens is 1. The van der Waals surface area contributed by atoms with E-state index < -0.39 is 0 Å². The average molecular weight is 338 g/mol. The molecule has 1 aliphatic rings. The Hall–Kier alpha value is -2.08. The Kier molecular flexibility index (Phi) is 5.98. The van der Waals surface area contributed by atoms with Crippen molar-refractivity contribution in [3.8, 4) is 0 Å². The van der Waals surface area contributed by atoms with Crippen LogP contribution in [0.25, 0.3) is 0 Å². The second kappa shape index (κ2) is 7.97. The monoisotopic (exact) mass is 337 g/mol. The van der Waals surface area contributed by atoms with Gasteiger partial charge in [-0.25, -0.2) is 0 Å². The number of carbonyl (C=O) groups excluding carboxylic acids is 3. The molecule has 0 aromatic heterocycles. The molecule has 0 radical (unpaired) electrons. The predicted octanol–water partition coefficient (Wildman–Crippen LogP) is 1.04. The van der Waals surface area contributed by atoms with Crippen LogP contribution in [0.4, 0.5) is 0 Å². The number of carbonyl (C=O) groups is 3. The highest BCUT2D eigenvalue weighted by Crippen LogP contribution is 2.14. The van der Waals surface area contributed by atoms with Crippen molar-refractivity contribution < 1.29 is 14.4 Å². The second-order valence-corrected chi connectivity index (χ2v) is 5.84. The fraction of sp³-hybridized carbons (Fsp3) is 0.438. The van der Waals surface area contributed by atoms with E-state index in [-0.39, 0.29) is 24.1 Å². The maximum atomic E-state index is 12.1. The van der Waals surface area contributed by atoms with Crippen LogP contribution in [0.3, 0.4) is 0 Å². The van der Waals surface area contributed by atoms with E-state index in [2.05, 4.69) is 5.32 Å². The lowest BCUT2D eigenvalue weighted by Gasteiger charge is -2.34. The Morgan fingerprint density at radius 3 is 2.30 bits per heavy atom. The van der Waals surface area contributed by atoms with Gasteiger partial charge in [0, 0.05) is 44.7 Å². The molecule has 0 unspecified atom stereocenters. The fourth-order valence-corrected chi connectivity index (χ4v) is 2.62. The maximum absolute atomic E-state index is 12.1. The molecule has 0 aliphatic carbocycles. The van der Waals surface area contributed by atoms with Crippen molar-refractivity contribution in [2.75, 3.05) is 26.2 Å². The van der Waals surface area contributed by atoms with Crippen LogP contribution in [-0.4, -0.2) is 53.7 Å². The van der Waals surface area contributed by atoms with Gasteiger partial charge < -0.3 is 15.1 Å². The van der Waals surface area contributed by atoms with Crippen LogP contribution >= 0.6 is 11.6 Å². The lowest BCUT2D eigenvalue weighted by molar-refractivity contribution is -0.141. The molecule has 0 bridgehead atoms. The van der Waals surface area contributed by atoms with Gasteiger partial charge in [-0.2, -0.15) is 0 Å². The summed E-state index contributed by atoms with van der Waals surface area (Å²) in [6.45, 7) is 3.78. The number of nitrogens with zero attached hydrogens (tertiary/aromatic N) is 2. The van der Waals surface area contributed by atoms with E-state index in [4.69, 9.17) is 11.6 Å². The third kappa shape index (κ3) is 4.96. The molecule has 1 heterocycles. The third-order valence-corrected chi connectivity index (χ3v) is 4.19. The number of benzene rings is 1. The molecule has 1 N–H and O–H groups in total. The first-order valence-electron chi connectivity index (χ1n) is 7.51. The Balaban J connectivity index is 1.76. The van der Waals surface area contributed by atoms with Crippen molar-refractivity contribution in [1.29, 1.82) is 0 Å². The van der Waals surface area contributed by atoms with Crippen LogP contribution in [0.5, 0.6) is 0 Å². The molecule has 3 amide bonds. The van der Waals surface area contributed by atoms with Crippen LogP contribution in [-0.2, 0) is 20.9 Å². The molecule has 1 fully saturated rings. The molecule has 1 saturated heterocycles. The molecule has 7 heteroatoms. The minimum absolute atomic E-state index is 0.00887. The summed E-state index contributed by atoms with van der Waals surface area (Å²) < 4.78 is 0. The first-order valence-corrected chi connectivity index (χ1v) is 7.88. The number of hydrogen-bond acceptors (Lipinski definition) is 3.